The first-order valence-electron chi connectivity index (χ1n) is 8.59. The van der Waals surface area contributed by atoms with Gasteiger partial charge in [0, 0.05) is 0 Å². The maximum absolute atomic E-state index is 15.3. The molecule has 0 unspecified atom stereocenters. The number of nitrogens with zero attached hydrogens (tertiary/aromatic N) is 2. The molecule has 1 rings (SSSR count). The molecule has 0 amide bonds. The van der Waals surface area contributed by atoms with Gasteiger partial charge in [0.2, 0.25) is 0 Å². The molecule has 1 aromatic heterocycles. The van der Waals surface area contributed by atoms with E-state index in [1.807, 2.05) is 20.8 Å². The first-order valence-corrected chi connectivity index (χ1v) is 13.1. The summed E-state index contributed by atoms with van der Waals surface area (Å²) >= 11 is 3.22. The molecule has 26 heavy (non-hydrogen) atoms. The quantitative estimate of drug-likeness (QED) is 0.311. The van der Waals surface area contributed by atoms with Crippen molar-refractivity contribution in [3.8, 4) is 0 Å². The molecule has 0 bridgehead atoms. The van der Waals surface area contributed by atoms with Gasteiger partial charge in [0.15, 0.2) is 0 Å². The highest BCUT2D eigenvalue weighted by molar-refractivity contribution is 9.10. The van der Waals surface area contributed by atoms with Gasteiger partial charge in [-0.15, -0.1) is 0 Å². The Morgan fingerprint density at radius 2 is 1.77 bits per heavy atom. The maximum atomic E-state index is 15.3. The van der Waals surface area contributed by atoms with Crippen LogP contribution in [-0.2, 0) is 11.0 Å². The number of rotatable bonds is 7. The molecule has 0 saturated heterocycles. The van der Waals surface area contributed by atoms with Crippen molar-refractivity contribution in [1.29, 1.82) is 0 Å². The molecule has 0 aromatic carbocycles. The molecule has 1 aromatic rings. The summed E-state index contributed by atoms with van der Waals surface area (Å²) in [5, 5.41) is 0.469. The van der Waals surface area contributed by atoms with Crippen molar-refractivity contribution in [2.24, 2.45) is 4.40 Å². The summed E-state index contributed by atoms with van der Waals surface area (Å²) in [5.41, 5.74) is -1.36. The first-order chi connectivity index (χ1) is 11.9. The Hall–Kier alpha value is -0.543. The smallest absolute Gasteiger partial charge is 0.236 e. The second-order valence-corrected chi connectivity index (χ2v) is 15.1. The van der Waals surface area contributed by atoms with Gasteiger partial charge >= 0.3 is 0 Å². The summed E-state index contributed by atoms with van der Waals surface area (Å²) < 4.78 is 57.9. The Bertz CT molecular complexity index is 696. The predicted octanol–water partition coefficient (Wildman–Crippen LogP) is 5.22. The lowest BCUT2D eigenvalue weighted by Gasteiger charge is -2.29. The van der Waals surface area contributed by atoms with Gasteiger partial charge in [-0.25, -0.2) is 22.4 Å². The maximum Gasteiger partial charge on any atom is 0.283 e. The minimum atomic E-state index is -3.08. The fraction of sp³-hybridized carbons (Fsp3) is 0.647. The number of hydrogen-bond acceptors (Lipinski definition) is 2. The third-order valence-electron chi connectivity index (χ3n) is 4.68. The van der Waals surface area contributed by atoms with Crippen LogP contribution >= 0.6 is 15.9 Å². The predicted molar refractivity (Wildman–Crippen MR) is 109 cm³/mol. The second-order valence-electron chi connectivity index (χ2n) is 7.13. The van der Waals surface area contributed by atoms with Gasteiger partial charge < -0.3 is 0 Å². The fourth-order valence-corrected chi connectivity index (χ4v) is 7.69. The van der Waals surface area contributed by atoms with Crippen molar-refractivity contribution in [3.05, 3.63) is 22.2 Å². The molecule has 1 heterocycles. The SMILES string of the molecule is CC[Si](CC)(CC)c1cc(Br)nc(/C(=N\[S@@](=O)C(C)(C)C)C(F)F)c1F. The van der Waals surface area contributed by atoms with Crippen LogP contribution in [0.25, 0.3) is 0 Å². The zero-order valence-corrected chi connectivity index (χ0v) is 19.4. The zero-order chi connectivity index (χ0) is 20.3. The third-order valence-corrected chi connectivity index (χ3v) is 12.1. The number of hydrogen-bond donors (Lipinski definition) is 0. The van der Waals surface area contributed by atoms with Gasteiger partial charge in [-0.2, -0.15) is 4.40 Å². The van der Waals surface area contributed by atoms with Crippen LogP contribution in [0.1, 0.15) is 47.2 Å². The first kappa shape index (κ1) is 23.5. The van der Waals surface area contributed by atoms with Gasteiger partial charge in [0.05, 0.1) is 12.8 Å². The molecule has 148 valence electrons. The van der Waals surface area contributed by atoms with E-state index in [9.17, 15) is 13.0 Å². The third kappa shape index (κ3) is 5.04. The molecular formula is C17H26BrF3N2OSSi. The van der Waals surface area contributed by atoms with Crippen LogP contribution in [0, 0.1) is 5.82 Å². The van der Waals surface area contributed by atoms with Crippen LogP contribution in [0.15, 0.2) is 15.1 Å². The van der Waals surface area contributed by atoms with E-state index >= 15 is 4.39 Å². The summed E-state index contributed by atoms with van der Waals surface area (Å²) in [7, 11) is -4.12. The average molecular weight is 471 g/mol. The summed E-state index contributed by atoms with van der Waals surface area (Å²) in [4.78, 5) is 3.93. The van der Waals surface area contributed by atoms with E-state index in [4.69, 9.17) is 0 Å². The average Bonchev–Trinajstić information content (AvgIpc) is 2.56. The lowest BCUT2D eigenvalue weighted by Crippen LogP contribution is -2.48. The number of alkyl halides is 2. The monoisotopic (exact) mass is 470 g/mol. The van der Waals surface area contributed by atoms with Crippen LogP contribution in [0.3, 0.4) is 0 Å². The molecule has 0 saturated carbocycles. The van der Waals surface area contributed by atoms with Crippen LogP contribution in [0.4, 0.5) is 13.2 Å². The number of pyridine rings is 1. The minimum absolute atomic E-state index is 0.283. The fourth-order valence-electron chi connectivity index (χ4n) is 2.79. The molecule has 0 aliphatic rings. The molecule has 9 heteroatoms. The van der Waals surface area contributed by atoms with E-state index in [2.05, 4.69) is 25.3 Å². The lowest BCUT2D eigenvalue weighted by molar-refractivity contribution is 0.226. The highest BCUT2D eigenvalue weighted by Crippen LogP contribution is 2.25. The molecule has 0 fully saturated rings. The Morgan fingerprint density at radius 3 is 2.15 bits per heavy atom. The summed E-state index contributed by atoms with van der Waals surface area (Å²) in [6.07, 6.45) is -3.08. The van der Waals surface area contributed by atoms with Crippen molar-refractivity contribution >= 4 is 45.9 Å². The van der Waals surface area contributed by atoms with Crippen molar-refractivity contribution < 1.29 is 17.4 Å². The standard InChI is InChI=1S/C17H26BrF3N2OSSi/c1-7-26(8-2,9-3)11-10-12(18)22-14(13(11)19)15(16(20)21)23-25(24)17(4,5)6/h10,16H,7-9H2,1-6H3/b23-15+/t25-/m0/s1. The summed E-state index contributed by atoms with van der Waals surface area (Å²) in [5.74, 6) is -0.754. The lowest BCUT2D eigenvalue weighted by atomic mass is 10.2. The molecule has 3 nitrogen and oxygen atoms in total. The largest absolute Gasteiger partial charge is 0.283 e. The van der Waals surface area contributed by atoms with E-state index in [1.54, 1.807) is 26.8 Å². The second kappa shape index (κ2) is 9.10. The molecule has 1 atom stereocenters. The molecule has 0 radical (unpaired) electrons. The Morgan fingerprint density at radius 1 is 1.27 bits per heavy atom. The van der Waals surface area contributed by atoms with E-state index in [1.165, 1.54) is 0 Å². The topological polar surface area (TPSA) is 42.3 Å². The van der Waals surface area contributed by atoms with E-state index in [-0.39, 0.29) is 4.60 Å². The van der Waals surface area contributed by atoms with Crippen molar-refractivity contribution in [2.75, 3.05) is 0 Å². The minimum Gasteiger partial charge on any atom is -0.236 e. The Balaban J connectivity index is 3.71. The van der Waals surface area contributed by atoms with Gasteiger partial charge in [-0.1, -0.05) is 38.9 Å². The van der Waals surface area contributed by atoms with Crippen LogP contribution in [0.5, 0.6) is 0 Å². The van der Waals surface area contributed by atoms with Gasteiger partial charge in [-0.05, 0) is 48.0 Å². The molecular weight excluding hydrogens is 445 g/mol. The van der Waals surface area contributed by atoms with Gasteiger partial charge in [0.1, 0.15) is 32.8 Å². The molecule has 0 spiro atoms. The highest BCUT2D eigenvalue weighted by Gasteiger charge is 2.36. The number of aromatic nitrogens is 1. The Kier molecular flexibility index (Phi) is 8.22. The van der Waals surface area contributed by atoms with E-state index in [0.29, 0.717) is 5.19 Å². The molecule has 0 N–H and O–H groups in total. The summed E-state index contributed by atoms with van der Waals surface area (Å²) in [6, 6.07) is 3.98. The van der Waals surface area contributed by atoms with Gasteiger partial charge in [0.25, 0.3) is 6.43 Å². The zero-order valence-electron chi connectivity index (χ0n) is 16.0. The van der Waals surface area contributed by atoms with Crippen LogP contribution < -0.4 is 5.19 Å². The normalized spacial score (nSPS) is 14.8. The number of halogens is 4. The van der Waals surface area contributed by atoms with Crippen molar-refractivity contribution in [1.82, 2.24) is 4.98 Å². The van der Waals surface area contributed by atoms with Crippen LogP contribution in [0.2, 0.25) is 18.1 Å². The molecule has 0 aliphatic carbocycles. The van der Waals surface area contributed by atoms with Gasteiger partial charge in [-0.3, -0.25) is 0 Å². The summed E-state index contributed by atoms with van der Waals surface area (Å²) in [6.45, 7) is 10.9. The van der Waals surface area contributed by atoms with Crippen molar-refractivity contribution in [2.45, 2.75) is 70.8 Å². The highest BCUT2D eigenvalue weighted by atomic mass is 79.9. The van der Waals surface area contributed by atoms with E-state index < -0.39 is 47.5 Å². The van der Waals surface area contributed by atoms with E-state index in [0.717, 1.165) is 18.1 Å². The molecule has 0 aliphatic heterocycles. The Labute approximate surface area is 165 Å². The van der Waals surface area contributed by atoms with Crippen LogP contribution in [-0.4, -0.2) is 34.2 Å². The van der Waals surface area contributed by atoms with Crippen molar-refractivity contribution in [3.63, 3.8) is 0 Å².